The minimum atomic E-state index is 1.31. The molecule has 3 rings (SSSR count). The molecule has 0 aromatic heterocycles. The van der Waals surface area contributed by atoms with Crippen molar-refractivity contribution in [2.45, 2.75) is 20.8 Å². The summed E-state index contributed by atoms with van der Waals surface area (Å²) in [6.45, 7) is 6.59. The van der Waals surface area contributed by atoms with Gasteiger partial charge in [0, 0.05) is 0 Å². The van der Waals surface area contributed by atoms with Gasteiger partial charge in [-0.3, -0.25) is 0 Å². The average molecular weight is 246 g/mol. The summed E-state index contributed by atoms with van der Waals surface area (Å²) >= 11 is 0. The van der Waals surface area contributed by atoms with Crippen molar-refractivity contribution >= 4 is 10.8 Å². The molecule has 19 heavy (non-hydrogen) atoms. The van der Waals surface area contributed by atoms with Crippen molar-refractivity contribution in [3.05, 3.63) is 71.3 Å². The molecule has 3 aromatic rings. The van der Waals surface area contributed by atoms with Crippen molar-refractivity contribution in [3.63, 3.8) is 0 Å². The zero-order chi connectivity index (χ0) is 13.4. The lowest BCUT2D eigenvalue weighted by atomic mass is 9.91. The fourth-order valence-electron chi connectivity index (χ4n) is 2.74. The Labute approximate surface area is 114 Å². The molecular formula is C19H18. The Hall–Kier alpha value is -2.08. The molecule has 0 N–H and O–H groups in total. The van der Waals surface area contributed by atoms with Gasteiger partial charge in [-0.15, -0.1) is 0 Å². The van der Waals surface area contributed by atoms with Crippen LogP contribution in [0.25, 0.3) is 21.9 Å². The Kier molecular flexibility index (Phi) is 2.87. The highest BCUT2D eigenvalue weighted by Gasteiger charge is 2.08. The second kappa shape index (κ2) is 4.55. The highest BCUT2D eigenvalue weighted by molar-refractivity contribution is 5.92. The van der Waals surface area contributed by atoms with Crippen molar-refractivity contribution in [2.24, 2.45) is 0 Å². The zero-order valence-electron chi connectivity index (χ0n) is 11.7. The van der Waals surface area contributed by atoms with Crippen LogP contribution < -0.4 is 0 Å². The maximum atomic E-state index is 2.31. The van der Waals surface area contributed by atoms with Crippen LogP contribution in [0.3, 0.4) is 0 Å². The van der Waals surface area contributed by atoms with E-state index in [1.807, 2.05) is 0 Å². The van der Waals surface area contributed by atoms with E-state index in [9.17, 15) is 0 Å². The third-order valence-corrected chi connectivity index (χ3v) is 3.96. The van der Waals surface area contributed by atoms with Crippen LogP contribution in [0, 0.1) is 20.8 Å². The van der Waals surface area contributed by atoms with Gasteiger partial charge in [-0.25, -0.2) is 0 Å². The van der Waals surface area contributed by atoms with E-state index in [-0.39, 0.29) is 0 Å². The van der Waals surface area contributed by atoms with E-state index < -0.39 is 0 Å². The maximum Gasteiger partial charge on any atom is -0.0146 e. The highest BCUT2D eigenvalue weighted by atomic mass is 14.1. The molecule has 0 nitrogen and oxygen atoms in total. The van der Waals surface area contributed by atoms with E-state index in [0.717, 1.165) is 0 Å². The Bertz CT molecular complexity index is 751. The molecule has 0 saturated heterocycles. The maximum absolute atomic E-state index is 2.31. The number of aryl methyl sites for hydroxylation is 2. The molecule has 0 radical (unpaired) electrons. The fraction of sp³-hybridized carbons (Fsp3) is 0.158. The van der Waals surface area contributed by atoms with Crippen LogP contribution in [0.1, 0.15) is 16.7 Å². The summed E-state index contributed by atoms with van der Waals surface area (Å²) in [6, 6.07) is 19.7. The van der Waals surface area contributed by atoms with Gasteiger partial charge >= 0.3 is 0 Å². The first kappa shape index (κ1) is 12.0. The van der Waals surface area contributed by atoms with Crippen LogP contribution in [0.15, 0.2) is 54.6 Å². The molecule has 0 unspecified atom stereocenters. The number of hydrogen-bond donors (Lipinski definition) is 0. The first-order chi connectivity index (χ1) is 9.16. The van der Waals surface area contributed by atoms with Gasteiger partial charge in [-0.2, -0.15) is 0 Å². The molecule has 0 aliphatic carbocycles. The zero-order valence-corrected chi connectivity index (χ0v) is 11.7. The van der Waals surface area contributed by atoms with Gasteiger partial charge in [0.1, 0.15) is 0 Å². The number of fused-ring (bicyclic) bond motifs is 1. The van der Waals surface area contributed by atoms with Gasteiger partial charge in [0.2, 0.25) is 0 Å². The first-order valence-corrected chi connectivity index (χ1v) is 6.73. The Balaban J connectivity index is 2.33. The van der Waals surface area contributed by atoms with Crippen LogP contribution >= 0.6 is 0 Å². The number of benzene rings is 3. The van der Waals surface area contributed by atoms with Crippen molar-refractivity contribution in [3.8, 4) is 11.1 Å². The quantitative estimate of drug-likeness (QED) is 0.537. The largest absolute Gasteiger partial charge is 0.0616 e. The van der Waals surface area contributed by atoms with E-state index in [1.165, 1.54) is 38.6 Å². The second-order valence-electron chi connectivity index (χ2n) is 5.26. The van der Waals surface area contributed by atoms with E-state index >= 15 is 0 Å². The molecule has 0 amide bonds. The summed E-state index contributed by atoms with van der Waals surface area (Å²) in [5.74, 6) is 0. The Morgan fingerprint density at radius 1 is 0.684 bits per heavy atom. The van der Waals surface area contributed by atoms with Gasteiger partial charge in [0.25, 0.3) is 0 Å². The van der Waals surface area contributed by atoms with Crippen molar-refractivity contribution in [1.82, 2.24) is 0 Å². The predicted octanol–water partition coefficient (Wildman–Crippen LogP) is 5.43. The van der Waals surface area contributed by atoms with E-state index in [2.05, 4.69) is 75.4 Å². The second-order valence-corrected chi connectivity index (χ2v) is 5.26. The molecule has 3 aromatic carbocycles. The average Bonchev–Trinajstić information content (AvgIpc) is 2.43. The predicted molar refractivity (Wildman–Crippen MR) is 83.6 cm³/mol. The van der Waals surface area contributed by atoms with Crippen LogP contribution in [-0.4, -0.2) is 0 Å². The monoisotopic (exact) mass is 246 g/mol. The molecule has 0 saturated carbocycles. The highest BCUT2D eigenvalue weighted by Crippen LogP contribution is 2.32. The SMILES string of the molecule is Cc1cccc(-c2cc3ccccc3c(C)c2C)c1. The third kappa shape index (κ3) is 2.04. The normalized spacial score (nSPS) is 10.9. The van der Waals surface area contributed by atoms with Crippen LogP contribution in [0.5, 0.6) is 0 Å². The Morgan fingerprint density at radius 2 is 1.47 bits per heavy atom. The van der Waals surface area contributed by atoms with E-state index in [0.29, 0.717) is 0 Å². The minimum Gasteiger partial charge on any atom is -0.0616 e. The summed E-state index contributed by atoms with van der Waals surface area (Å²) in [7, 11) is 0. The molecule has 0 atom stereocenters. The molecule has 0 aliphatic heterocycles. The lowest BCUT2D eigenvalue weighted by Gasteiger charge is -2.13. The summed E-state index contributed by atoms with van der Waals surface area (Å²) in [5.41, 5.74) is 6.73. The standard InChI is InChI=1S/C19H18/c1-13-7-6-9-16(11-13)19-12-17-8-4-5-10-18(17)14(2)15(19)3/h4-12H,1-3H3. The lowest BCUT2D eigenvalue weighted by Crippen LogP contribution is -1.90. The molecular weight excluding hydrogens is 228 g/mol. The summed E-state index contributed by atoms with van der Waals surface area (Å²) < 4.78 is 0. The molecule has 0 heterocycles. The van der Waals surface area contributed by atoms with Gasteiger partial charge in [0.05, 0.1) is 0 Å². The van der Waals surface area contributed by atoms with Gasteiger partial charge in [-0.05, 0) is 59.9 Å². The van der Waals surface area contributed by atoms with Crippen molar-refractivity contribution in [2.75, 3.05) is 0 Å². The van der Waals surface area contributed by atoms with Gasteiger partial charge in [0.15, 0.2) is 0 Å². The lowest BCUT2D eigenvalue weighted by molar-refractivity contribution is 1.37. The summed E-state index contributed by atoms with van der Waals surface area (Å²) in [5, 5.41) is 2.68. The minimum absolute atomic E-state index is 1.31. The summed E-state index contributed by atoms with van der Waals surface area (Å²) in [6.07, 6.45) is 0. The molecule has 94 valence electrons. The third-order valence-electron chi connectivity index (χ3n) is 3.96. The van der Waals surface area contributed by atoms with E-state index in [4.69, 9.17) is 0 Å². The fourth-order valence-corrected chi connectivity index (χ4v) is 2.74. The number of hydrogen-bond acceptors (Lipinski definition) is 0. The summed E-state index contributed by atoms with van der Waals surface area (Å²) in [4.78, 5) is 0. The molecule has 0 heteroatoms. The van der Waals surface area contributed by atoms with Crippen molar-refractivity contribution in [1.29, 1.82) is 0 Å². The van der Waals surface area contributed by atoms with Crippen LogP contribution in [0.2, 0.25) is 0 Å². The topological polar surface area (TPSA) is 0 Å². The van der Waals surface area contributed by atoms with E-state index in [1.54, 1.807) is 0 Å². The smallest absolute Gasteiger partial charge is 0.0146 e. The molecule has 0 aliphatic rings. The Morgan fingerprint density at radius 3 is 2.26 bits per heavy atom. The number of rotatable bonds is 1. The van der Waals surface area contributed by atoms with Gasteiger partial charge in [-0.1, -0.05) is 54.1 Å². The van der Waals surface area contributed by atoms with Crippen LogP contribution in [-0.2, 0) is 0 Å². The van der Waals surface area contributed by atoms with Crippen molar-refractivity contribution < 1.29 is 0 Å². The first-order valence-electron chi connectivity index (χ1n) is 6.73. The molecule has 0 spiro atoms. The van der Waals surface area contributed by atoms with Gasteiger partial charge < -0.3 is 0 Å². The van der Waals surface area contributed by atoms with Crippen LogP contribution in [0.4, 0.5) is 0 Å². The molecule has 0 bridgehead atoms. The molecule has 0 fully saturated rings.